The van der Waals surface area contributed by atoms with Crippen LogP contribution in [0.4, 0.5) is 10.1 Å². The Morgan fingerprint density at radius 1 is 1.65 bits per heavy atom. The number of carbonyl (C=O) groups excluding carboxylic acids is 1. The minimum absolute atomic E-state index is 0.0458. The first-order valence-electron chi connectivity index (χ1n) is 5.53. The van der Waals surface area contributed by atoms with Crippen molar-refractivity contribution in [3.8, 4) is 5.75 Å². The standard InChI is InChI=1S/C12H15FN2O2/c1-8-7-15(12(16)6-14-2)10-4-3-9(13)5-11(10)17-8/h3-5,8,14H,6-7H2,1-2H3. The van der Waals surface area contributed by atoms with Crippen LogP contribution < -0.4 is 15.0 Å². The maximum atomic E-state index is 13.1. The highest BCUT2D eigenvalue weighted by molar-refractivity contribution is 5.96. The highest BCUT2D eigenvalue weighted by atomic mass is 19.1. The zero-order valence-electron chi connectivity index (χ0n) is 9.87. The molecule has 17 heavy (non-hydrogen) atoms. The first kappa shape index (κ1) is 11.9. The fraction of sp³-hybridized carbons (Fsp3) is 0.417. The molecule has 0 fully saturated rings. The summed E-state index contributed by atoms with van der Waals surface area (Å²) in [6.07, 6.45) is -0.134. The average Bonchev–Trinajstić information content (AvgIpc) is 2.27. The van der Waals surface area contributed by atoms with Crippen molar-refractivity contribution in [2.24, 2.45) is 0 Å². The smallest absolute Gasteiger partial charge is 0.241 e. The first-order valence-corrected chi connectivity index (χ1v) is 5.53. The minimum Gasteiger partial charge on any atom is -0.487 e. The molecule has 92 valence electrons. The Bertz CT molecular complexity index is 437. The maximum Gasteiger partial charge on any atom is 0.241 e. The van der Waals surface area contributed by atoms with Crippen LogP contribution in [-0.2, 0) is 4.79 Å². The van der Waals surface area contributed by atoms with E-state index in [9.17, 15) is 9.18 Å². The molecule has 0 bridgehead atoms. The molecule has 1 aromatic rings. The quantitative estimate of drug-likeness (QED) is 0.840. The van der Waals surface area contributed by atoms with Crippen molar-refractivity contribution < 1.29 is 13.9 Å². The second-order valence-electron chi connectivity index (χ2n) is 4.08. The molecule has 2 rings (SSSR count). The van der Waals surface area contributed by atoms with Gasteiger partial charge in [0.2, 0.25) is 5.91 Å². The van der Waals surface area contributed by atoms with Gasteiger partial charge in [0.25, 0.3) is 0 Å². The number of rotatable bonds is 2. The van der Waals surface area contributed by atoms with Crippen LogP contribution in [0.1, 0.15) is 6.92 Å². The molecule has 0 spiro atoms. The normalized spacial score (nSPS) is 18.5. The van der Waals surface area contributed by atoms with Crippen molar-refractivity contribution in [3.05, 3.63) is 24.0 Å². The Labute approximate surface area is 99.4 Å². The maximum absolute atomic E-state index is 13.1. The fourth-order valence-electron chi connectivity index (χ4n) is 1.90. The molecule has 0 radical (unpaired) electrons. The summed E-state index contributed by atoms with van der Waals surface area (Å²) in [6, 6.07) is 4.21. The number of halogens is 1. The van der Waals surface area contributed by atoms with Gasteiger partial charge in [-0.1, -0.05) is 0 Å². The lowest BCUT2D eigenvalue weighted by atomic mass is 10.2. The zero-order valence-corrected chi connectivity index (χ0v) is 9.87. The number of benzene rings is 1. The average molecular weight is 238 g/mol. The van der Waals surface area contributed by atoms with Gasteiger partial charge in [-0.25, -0.2) is 4.39 Å². The molecule has 1 unspecified atom stereocenters. The number of anilines is 1. The summed E-state index contributed by atoms with van der Waals surface area (Å²) in [5, 5.41) is 2.82. The van der Waals surface area contributed by atoms with Crippen molar-refractivity contribution in [2.75, 3.05) is 25.0 Å². The largest absolute Gasteiger partial charge is 0.487 e. The lowest BCUT2D eigenvalue weighted by Gasteiger charge is -2.33. The van der Waals surface area contributed by atoms with E-state index in [-0.39, 0.29) is 24.4 Å². The van der Waals surface area contributed by atoms with Crippen molar-refractivity contribution >= 4 is 11.6 Å². The number of amides is 1. The predicted octanol–water partition coefficient (Wildman–Crippen LogP) is 1.16. The Kier molecular flexibility index (Phi) is 3.28. The van der Waals surface area contributed by atoms with E-state index >= 15 is 0 Å². The number of fused-ring (bicyclic) bond motifs is 1. The highest BCUT2D eigenvalue weighted by Crippen LogP contribution is 2.33. The Morgan fingerprint density at radius 3 is 3.12 bits per heavy atom. The second kappa shape index (κ2) is 4.71. The third kappa shape index (κ3) is 2.39. The molecule has 1 aliphatic rings. The topological polar surface area (TPSA) is 41.6 Å². The van der Waals surface area contributed by atoms with E-state index in [1.807, 2.05) is 6.92 Å². The van der Waals surface area contributed by atoms with E-state index in [1.165, 1.54) is 12.1 Å². The molecule has 0 saturated heterocycles. The van der Waals surface area contributed by atoms with Gasteiger partial charge >= 0.3 is 0 Å². The molecule has 1 aromatic carbocycles. The van der Waals surface area contributed by atoms with Crippen LogP contribution in [0.15, 0.2) is 18.2 Å². The molecule has 5 heteroatoms. The summed E-state index contributed by atoms with van der Waals surface area (Å²) >= 11 is 0. The lowest BCUT2D eigenvalue weighted by Crippen LogP contribution is -2.45. The van der Waals surface area contributed by atoms with Crippen LogP contribution in [0.5, 0.6) is 5.75 Å². The van der Waals surface area contributed by atoms with Gasteiger partial charge in [-0.2, -0.15) is 0 Å². The van der Waals surface area contributed by atoms with E-state index in [0.717, 1.165) is 0 Å². The van der Waals surface area contributed by atoms with E-state index in [2.05, 4.69) is 5.32 Å². The minimum atomic E-state index is -0.362. The third-order valence-corrected chi connectivity index (χ3v) is 2.61. The van der Waals surface area contributed by atoms with Gasteiger partial charge < -0.3 is 15.0 Å². The van der Waals surface area contributed by atoms with Gasteiger partial charge in [-0.15, -0.1) is 0 Å². The Balaban J connectivity index is 2.34. The Morgan fingerprint density at radius 2 is 2.41 bits per heavy atom. The molecule has 1 N–H and O–H groups in total. The molecule has 0 aromatic heterocycles. The van der Waals surface area contributed by atoms with Crippen LogP contribution in [0.3, 0.4) is 0 Å². The summed E-state index contributed by atoms with van der Waals surface area (Å²) in [7, 11) is 1.72. The van der Waals surface area contributed by atoms with Crippen LogP contribution in [0.2, 0.25) is 0 Å². The van der Waals surface area contributed by atoms with E-state index in [4.69, 9.17) is 4.74 Å². The summed E-state index contributed by atoms with van der Waals surface area (Å²) in [5.41, 5.74) is 0.629. The molecule has 1 amide bonds. The summed E-state index contributed by atoms with van der Waals surface area (Å²) in [4.78, 5) is 13.5. The van der Waals surface area contributed by atoms with Crippen LogP contribution in [0, 0.1) is 5.82 Å². The predicted molar refractivity (Wildman–Crippen MR) is 62.8 cm³/mol. The summed E-state index contributed by atoms with van der Waals surface area (Å²) in [6.45, 7) is 2.59. The van der Waals surface area contributed by atoms with Gasteiger partial charge in [-0.05, 0) is 26.1 Å². The fourth-order valence-corrected chi connectivity index (χ4v) is 1.90. The van der Waals surface area contributed by atoms with Gasteiger partial charge in [-0.3, -0.25) is 4.79 Å². The number of hydrogen-bond donors (Lipinski definition) is 1. The van der Waals surface area contributed by atoms with E-state index < -0.39 is 0 Å². The van der Waals surface area contributed by atoms with Crippen LogP contribution in [-0.4, -0.2) is 32.1 Å². The number of hydrogen-bond acceptors (Lipinski definition) is 3. The second-order valence-corrected chi connectivity index (χ2v) is 4.08. The van der Waals surface area contributed by atoms with E-state index in [0.29, 0.717) is 18.0 Å². The lowest BCUT2D eigenvalue weighted by molar-refractivity contribution is -0.118. The van der Waals surface area contributed by atoms with Crippen LogP contribution >= 0.6 is 0 Å². The van der Waals surface area contributed by atoms with Crippen molar-refractivity contribution in [1.82, 2.24) is 5.32 Å². The molecule has 0 saturated carbocycles. The third-order valence-electron chi connectivity index (χ3n) is 2.61. The Hall–Kier alpha value is -1.62. The number of ether oxygens (including phenoxy) is 1. The number of carbonyl (C=O) groups is 1. The van der Waals surface area contributed by atoms with Gasteiger partial charge in [0.15, 0.2) is 0 Å². The molecule has 1 heterocycles. The first-order chi connectivity index (χ1) is 8.11. The molecule has 0 aliphatic carbocycles. The molecule has 1 atom stereocenters. The molecule has 4 nitrogen and oxygen atoms in total. The summed E-state index contributed by atoms with van der Waals surface area (Å²) in [5.74, 6) is 0.0163. The van der Waals surface area contributed by atoms with Crippen molar-refractivity contribution in [1.29, 1.82) is 0 Å². The number of nitrogens with zero attached hydrogens (tertiary/aromatic N) is 1. The molecular formula is C12H15FN2O2. The highest BCUT2D eigenvalue weighted by Gasteiger charge is 2.27. The van der Waals surface area contributed by atoms with Gasteiger partial charge in [0.1, 0.15) is 17.7 Å². The number of nitrogens with one attached hydrogen (secondary N) is 1. The van der Waals surface area contributed by atoms with Gasteiger partial charge in [0.05, 0.1) is 18.8 Å². The van der Waals surface area contributed by atoms with Gasteiger partial charge in [0, 0.05) is 6.07 Å². The SMILES string of the molecule is CNCC(=O)N1CC(C)Oc2cc(F)ccc21. The molecular weight excluding hydrogens is 223 g/mol. The van der Waals surface area contributed by atoms with Crippen molar-refractivity contribution in [3.63, 3.8) is 0 Å². The van der Waals surface area contributed by atoms with Crippen LogP contribution in [0.25, 0.3) is 0 Å². The number of likely N-dealkylation sites (N-methyl/N-ethyl adjacent to an activating group) is 1. The monoisotopic (exact) mass is 238 g/mol. The molecule has 1 aliphatic heterocycles. The summed E-state index contributed by atoms with van der Waals surface area (Å²) < 4.78 is 18.6. The zero-order chi connectivity index (χ0) is 12.4. The van der Waals surface area contributed by atoms with E-state index in [1.54, 1.807) is 18.0 Å². The van der Waals surface area contributed by atoms with Crippen molar-refractivity contribution in [2.45, 2.75) is 13.0 Å².